The Labute approximate surface area is 157 Å². The second kappa shape index (κ2) is 6.96. The second-order valence-electron chi connectivity index (χ2n) is 7.55. The molecule has 2 fully saturated rings. The summed E-state index contributed by atoms with van der Waals surface area (Å²) in [6, 6.07) is 7.94. The van der Waals surface area contributed by atoms with Crippen molar-refractivity contribution >= 4 is 22.9 Å². The van der Waals surface area contributed by atoms with E-state index in [1.807, 2.05) is 24.3 Å². The van der Waals surface area contributed by atoms with Gasteiger partial charge in [0.1, 0.15) is 11.2 Å². The normalized spacial score (nSPS) is 24.9. The Bertz CT molecular complexity index is 877. The summed E-state index contributed by atoms with van der Waals surface area (Å²) in [6.45, 7) is 4.14. The van der Waals surface area contributed by atoms with Gasteiger partial charge in [0.15, 0.2) is 0 Å². The summed E-state index contributed by atoms with van der Waals surface area (Å²) in [5.41, 5.74) is 1.04. The number of aliphatic carboxylic acids is 1. The number of carboxylic acid groups (broad SMARTS) is 1. The Kier molecular flexibility index (Phi) is 4.63. The Morgan fingerprint density at radius 3 is 2.93 bits per heavy atom. The molecular weight excluding hydrogens is 346 g/mol. The summed E-state index contributed by atoms with van der Waals surface area (Å²) in [7, 11) is 0. The van der Waals surface area contributed by atoms with Crippen molar-refractivity contribution in [2.24, 2.45) is 11.3 Å². The number of imidazole rings is 1. The van der Waals surface area contributed by atoms with E-state index in [1.54, 1.807) is 4.90 Å². The molecular formula is C20H25N3O4. The number of carbonyl (C=O) groups excluding carboxylic acids is 1. The highest BCUT2D eigenvalue weighted by Gasteiger charge is 2.55. The summed E-state index contributed by atoms with van der Waals surface area (Å²) < 4.78 is 7.55. The van der Waals surface area contributed by atoms with Crippen LogP contribution in [0.3, 0.4) is 0 Å². The first-order chi connectivity index (χ1) is 13.0. The van der Waals surface area contributed by atoms with E-state index in [2.05, 4.69) is 16.5 Å². The van der Waals surface area contributed by atoms with Crippen molar-refractivity contribution in [1.82, 2.24) is 14.5 Å². The highest BCUT2D eigenvalue weighted by molar-refractivity contribution is 5.82. The fourth-order valence-corrected chi connectivity index (χ4v) is 4.49. The molecule has 0 spiro atoms. The van der Waals surface area contributed by atoms with E-state index in [0.29, 0.717) is 32.5 Å². The zero-order valence-corrected chi connectivity index (χ0v) is 15.6. The van der Waals surface area contributed by atoms with Crippen LogP contribution in [0, 0.1) is 11.3 Å². The molecule has 2 aliphatic heterocycles. The molecule has 0 aliphatic carbocycles. The smallest absolute Gasteiger partial charge is 0.314 e. The van der Waals surface area contributed by atoms with Crippen LogP contribution in [-0.4, -0.2) is 57.7 Å². The molecule has 0 unspecified atom stereocenters. The van der Waals surface area contributed by atoms with E-state index in [0.717, 1.165) is 23.3 Å². The average Bonchev–Trinajstić information content (AvgIpc) is 3.25. The fourth-order valence-electron chi connectivity index (χ4n) is 4.49. The Balaban J connectivity index is 1.49. The van der Waals surface area contributed by atoms with Gasteiger partial charge >= 0.3 is 5.97 Å². The van der Waals surface area contributed by atoms with Crippen LogP contribution >= 0.6 is 0 Å². The van der Waals surface area contributed by atoms with E-state index in [4.69, 9.17) is 4.74 Å². The number of ether oxygens (including phenoxy) is 1. The molecule has 4 rings (SSSR count). The molecule has 1 amide bonds. The summed E-state index contributed by atoms with van der Waals surface area (Å²) in [5, 5.41) is 9.74. The highest BCUT2D eigenvalue weighted by atomic mass is 16.5. The van der Waals surface area contributed by atoms with Gasteiger partial charge in [-0.1, -0.05) is 19.1 Å². The number of carbonyl (C=O) groups is 2. The van der Waals surface area contributed by atoms with E-state index in [1.165, 1.54) is 0 Å². The number of rotatable bonds is 5. The minimum Gasteiger partial charge on any atom is -0.481 e. The lowest BCUT2D eigenvalue weighted by Gasteiger charge is -2.33. The predicted octanol–water partition coefficient (Wildman–Crippen LogP) is 1.94. The van der Waals surface area contributed by atoms with Crippen molar-refractivity contribution in [3.05, 3.63) is 30.1 Å². The zero-order valence-electron chi connectivity index (χ0n) is 15.6. The fraction of sp³-hybridized carbons (Fsp3) is 0.550. The number of carboxylic acids is 1. The summed E-state index contributed by atoms with van der Waals surface area (Å²) >= 11 is 0. The molecule has 2 atom stereocenters. The van der Waals surface area contributed by atoms with Crippen molar-refractivity contribution in [3.8, 4) is 0 Å². The third-order valence-corrected chi connectivity index (χ3v) is 6.04. The Morgan fingerprint density at radius 2 is 2.19 bits per heavy atom. The number of likely N-dealkylation sites (tertiary alicyclic amines) is 1. The molecule has 1 aromatic carbocycles. The van der Waals surface area contributed by atoms with Gasteiger partial charge in [-0.2, -0.15) is 0 Å². The van der Waals surface area contributed by atoms with E-state index in [-0.39, 0.29) is 25.0 Å². The van der Waals surface area contributed by atoms with Gasteiger partial charge < -0.3 is 19.3 Å². The van der Waals surface area contributed by atoms with E-state index < -0.39 is 11.4 Å². The van der Waals surface area contributed by atoms with Crippen molar-refractivity contribution in [2.45, 2.75) is 32.7 Å². The predicted molar refractivity (Wildman–Crippen MR) is 99.3 cm³/mol. The topological polar surface area (TPSA) is 84.7 Å². The molecule has 0 radical (unpaired) electrons. The molecule has 7 heteroatoms. The van der Waals surface area contributed by atoms with Gasteiger partial charge in [0.2, 0.25) is 5.91 Å². The Hall–Kier alpha value is -2.41. The molecule has 1 N–H and O–H groups in total. The van der Waals surface area contributed by atoms with Crippen LogP contribution in [0.5, 0.6) is 0 Å². The zero-order chi connectivity index (χ0) is 19.0. The van der Waals surface area contributed by atoms with Crippen molar-refractivity contribution in [1.29, 1.82) is 0 Å². The largest absolute Gasteiger partial charge is 0.481 e. The number of benzene rings is 1. The molecule has 7 nitrogen and oxygen atoms in total. The lowest BCUT2D eigenvalue weighted by Crippen LogP contribution is -2.46. The number of aromatic nitrogens is 2. The van der Waals surface area contributed by atoms with Gasteiger partial charge in [-0.05, 0) is 24.5 Å². The minimum absolute atomic E-state index is 0.00450. The molecule has 2 aromatic rings. The van der Waals surface area contributed by atoms with Crippen molar-refractivity contribution < 1.29 is 19.4 Å². The van der Waals surface area contributed by atoms with E-state index in [9.17, 15) is 14.7 Å². The number of aryl methyl sites for hydroxylation is 2. The van der Waals surface area contributed by atoms with Crippen LogP contribution in [0.1, 0.15) is 25.6 Å². The first-order valence-electron chi connectivity index (χ1n) is 9.58. The lowest BCUT2D eigenvalue weighted by molar-refractivity contribution is -0.159. The molecule has 2 aliphatic rings. The third kappa shape index (κ3) is 3.00. The van der Waals surface area contributed by atoms with Crippen molar-refractivity contribution in [3.63, 3.8) is 0 Å². The highest BCUT2D eigenvalue weighted by Crippen LogP contribution is 2.41. The van der Waals surface area contributed by atoms with Gasteiger partial charge in [-0.15, -0.1) is 0 Å². The average molecular weight is 371 g/mol. The van der Waals surface area contributed by atoms with Gasteiger partial charge in [0.25, 0.3) is 0 Å². The maximum absolute atomic E-state index is 12.8. The molecule has 144 valence electrons. The number of amides is 1. The molecule has 0 bridgehead atoms. The number of fused-ring (bicyclic) bond motifs is 2. The molecule has 0 saturated carbocycles. The van der Waals surface area contributed by atoms with E-state index >= 15 is 0 Å². The molecule has 27 heavy (non-hydrogen) atoms. The minimum atomic E-state index is -0.940. The maximum Gasteiger partial charge on any atom is 0.314 e. The van der Waals surface area contributed by atoms with Gasteiger partial charge in [0, 0.05) is 39.1 Å². The van der Waals surface area contributed by atoms with Crippen LogP contribution in [0.4, 0.5) is 0 Å². The standard InChI is InChI=1S/C20H25N3O4/c1-2-17-21-15-5-3-4-6-16(15)23(17)9-7-18(24)22-11-14-8-10-27-13-20(14,12-22)19(25)26/h3-6,14H,2,7-13H2,1H3,(H,25,26)/t14-,20+/m0/s1. The number of nitrogens with zero attached hydrogens (tertiary/aromatic N) is 3. The van der Waals surface area contributed by atoms with Crippen LogP contribution < -0.4 is 0 Å². The number of hydrogen-bond donors (Lipinski definition) is 1. The molecule has 1 aromatic heterocycles. The SMILES string of the molecule is CCc1nc2ccccc2n1CCC(=O)N1C[C@@H]2CCOC[C@]2(C(=O)O)C1. The van der Waals surface area contributed by atoms with Crippen LogP contribution in [0.25, 0.3) is 11.0 Å². The maximum atomic E-state index is 12.8. The number of hydrogen-bond acceptors (Lipinski definition) is 4. The second-order valence-corrected chi connectivity index (χ2v) is 7.55. The van der Waals surface area contributed by atoms with Crippen LogP contribution in [0.2, 0.25) is 0 Å². The lowest BCUT2D eigenvalue weighted by atomic mass is 9.76. The first kappa shape index (κ1) is 18.0. The summed E-state index contributed by atoms with van der Waals surface area (Å²) in [5.74, 6) is 0.101. The number of para-hydroxylation sites is 2. The van der Waals surface area contributed by atoms with Gasteiger partial charge in [0.05, 0.1) is 17.6 Å². The molecule has 2 saturated heterocycles. The van der Waals surface area contributed by atoms with Crippen LogP contribution in [-0.2, 0) is 27.3 Å². The summed E-state index contributed by atoms with van der Waals surface area (Å²) in [6.07, 6.45) is 1.84. The molecule has 3 heterocycles. The summed E-state index contributed by atoms with van der Waals surface area (Å²) in [4.78, 5) is 31.1. The van der Waals surface area contributed by atoms with Gasteiger partial charge in [-0.3, -0.25) is 9.59 Å². The van der Waals surface area contributed by atoms with Crippen molar-refractivity contribution in [2.75, 3.05) is 26.3 Å². The van der Waals surface area contributed by atoms with Crippen LogP contribution in [0.15, 0.2) is 24.3 Å². The monoisotopic (exact) mass is 371 g/mol. The Morgan fingerprint density at radius 1 is 1.37 bits per heavy atom. The van der Waals surface area contributed by atoms with Gasteiger partial charge in [-0.25, -0.2) is 4.98 Å². The first-order valence-corrected chi connectivity index (χ1v) is 9.58. The quantitative estimate of drug-likeness (QED) is 0.868. The third-order valence-electron chi connectivity index (χ3n) is 6.04.